The molecule has 1 saturated carbocycles. The average Bonchev–Trinajstić information content (AvgIpc) is 3.30. The van der Waals surface area contributed by atoms with E-state index >= 15 is 0 Å². The number of rotatable bonds is 6. The molecule has 230 valence electrons. The van der Waals surface area contributed by atoms with Crippen LogP contribution in [-0.2, 0) is 39.0 Å². The van der Waals surface area contributed by atoms with Gasteiger partial charge in [-0.3, -0.25) is 9.58 Å². The predicted octanol–water partition coefficient (Wildman–Crippen LogP) is 3.85. The van der Waals surface area contributed by atoms with Crippen LogP contribution < -0.4 is 0 Å². The highest BCUT2D eigenvalue weighted by atomic mass is 32.2. The number of benzene rings is 1. The zero-order chi connectivity index (χ0) is 30.6. The van der Waals surface area contributed by atoms with Crippen molar-refractivity contribution in [1.29, 1.82) is 0 Å². The molecule has 0 spiro atoms. The fraction of sp³-hybridized carbons (Fsp3) is 0.640. The van der Waals surface area contributed by atoms with Gasteiger partial charge in [0.05, 0.1) is 24.0 Å². The van der Waals surface area contributed by atoms with Crippen LogP contribution in [-0.4, -0.2) is 88.7 Å². The number of morpholine rings is 1. The number of alkyl halides is 6. The van der Waals surface area contributed by atoms with Crippen molar-refractivity contribution in [2.24, 2.45) is 7.05 Å². The van der Waals surface area contributed by atoms with Crippen molar-refractivity contribution in [1.82, 2.24) is 19.7 Å². The maximum Gasteiger partial charge on any atom is 0.490 e. The van der Waals surface area contributed by atoms with Crippen LogP contribution >= 0.6 is 0 Å². The third-order valence-corrected chi connectivity index (χ3v) is 8.02. The smallest absolute Gasteiger partial charge is 0.475 e. The van der Waals surface area contributed by atoms with E-state index in [9.17, 15) is 34.8 Å². The van der Waals surface area contributed by atoms with Gasteiger partial charge in [0.2, 0.25) is 0 Å². The number of carbonyl (C=O) groups is 1. The molecule has 2 fully saturated rings. The third-order valence-electron chi connectivity index (χ3n) is 7.04. The molecule has 1 aromatic carbocycles. The Balaban J connectivity index is 0.000000587. The van der Waals surface area contributed by atoms with E-state index in [4.69, 9.17) is 14.6 Å². The van der Waals surface area contributed by atoms with Gasteiger partial charge < -0.3 is 9.84 Å². The van der Waals surface area contributed by atoms with Crippen molar-refractivity contribution in [3.05, 3.63) is 47.5 Å². The number of nitrogens with zero attached hydrogens (tertiary/aromatic N) is 4. The summed E-state index contributed by atoms with van der Waals surface area (Å²) in [6.45, 7) is 0.846. The van der Waals surface area contributed by atoms with Gasteiger partial charge in [0, 0.05) is 37.8 Å². The van der Waals surface area contributed by atoms with Gasteiger partial charge in [0.25, 0.3) is 0 Å². The van der Waals surface area contributed by atoms with E-state index in [0.29, 0.717) is 25.5 Å². The summed E-state index contributed by atoms with van der Waals surface area (Å²) in [7, 11) is -1.34. The summed E-state index contributed by atoms with van der Waals surface area (Å²) >= 11 is 0. The van der Waals surface area contributed by atoms with Gasteiger partial charge in [-0.2, -0.15) is 31.4 Å². The molecule has 1 aliphatic heterocycles. The van der Waals surface area contributed by atoms with Gasteiger partial charge in [-0.15, -0.1) is 0 Å². The summed E-state index contributed by atoms with van der Waals surface area (Å²) in [4.78, 5) is 15.6. The van der Waals surface area contributed by atoms with Crippen molar-refractivity contribution in [2.75, 3.05) is 25.2 Å². The summed E-state index contributed by atoms with van der Waals surface area (Å²) < 4.78 is 102. The summed E-state index contributed by atoms with van der Waals surface area (Å²) in [5.74, 6) is -1.63. The van der Waals surface area contributed by atoms with E-state index in [1.807, 2.05) is 7.05 Å². The van der Waals surface area contributed by atoms with Gasteiger partial charge in [-0.1, -0.05) is 12.1 Å². The van der Waals surface area contributed by atoms with Crippen LogP contribution in [0.4, 0.5) is 26.3 Å². The minimum Gasteiger partial charge on any atom is -0.475 e. The Morgan fingerprint density at radius 2 is 1.66 bits per heavy atom. The SMILES string of the molecule is Cn1cnc(C2CCC(N3C[C@H](CS(C)(=O)=O)OC[C@@H]3Cc3ccc(C(F)(F)F)cc3)CC2)n1.O=C(O)C(F)(F)F. The normalized spacial score (nSPS) is 24.4. The molecule has 41 heavy (non-hydrogen) atoms. The molecule has 2 heterocycles. The number of hydrogen-bond acceptors (Lipinski definition) is 7. The van der Waals surface area contributed by atoms with Crippen molar-refractivity contribution >= 4 is 15.8 Å². The lowest BCUT2D eigenvalue weighted by Gasteiger charge is -2.46. The number of carboxylic acid groups (broad SMARTS) is 1. The van der Waals surface area contributed by atoms with E-state index in [1.165, 1.54) is 18.4 Å². The zero-order valence-electron chi connectivity index (χ0n) is 22.4. The number of carboxylic acids is 1. The fourth-order valence-corrected chi connectivity index (χ4v) is 6.03. The van der Waals surface area contributed by atoms with Crippen LogP contribution in [0, 0.1) is 0 Å². The number of aliphatic carboxylic acids is 1. The first kappa shape index (κ1) is 32.8. The molecule has 1 aromatic heterocycles. The maximum absolute atomic E-state index is 12.9. The van der Waals surface area contributed by atoms with E-state index < -0.39 is 39.8 Å². The molecule has 0 bridgehead atoms. The molecule has 16 heteroatoms. The third kappa shape index (κ3) is 9.95. The average molecular weight is 615 g/mol. The lowest BCUT2D eigenvalue weighted by molar-refractivity contribution is -0.192. The second-order valence-corrected chi connectivity index (χ2v) is 12.6. The first-order chi connectivity index (χ1) is 18.9. The number of aryl methyl sites for hydroxylation is 1. The Morgan fingerprint density at radius 1 is 1.07 bits per heavy atom. The Hall–Kier alpha value is -2.72. The standard InChI is InChI=1S/C23H31F3N4O3S.C2HF3O2/c1-29-15-27-22(28-29)17-5-9-19(10-6-17)30-12-21(14-34(2,31)32)33-13-20(30)11-16-3-7-18(8-4-16)23(24,25)26;3-2(4,5)1(6)7/h3-4,7-8,15,17,19-21H,5-6,9-14H2,1-2H3;(H,6,7)/t17?,19?,20-,21+;/m0./s1. The first-order valence-electron chi connectivity index (χ1n) is 12.8. The molecule has 2 aliphatic rings. The van der Waals surface area contributed by atoms with Crippen molar-refractivity contribution < 1.29 is 49.4 Å². The van der Waals surface area contributed by atoms with Gasteiger partial charge in [-0.05, 0) is 49.8 Å². The Kier molecular flexibility index (Phi) is 10.5. The Labute approximate surface area is 233 Å². The van der Waals surface area contributed by atoms with Crippen LogP contribution in [0.25, 0.3) is 0 Å². The van der Waals surface area contributed by atoms with Crippen LogP contribution in [0.15, 0.2) is 30.6 Å². The van der Waals surface area contributed by atoms with Crippen LogP contribution in [0.1, 0.15) is 48.6 Å². The molecular formula is C25H32F6N4O5S. The summed E-state index contributed by atoms with van der Waals surface area (Å²) in [5.41, 5.74) is 0.141. The Bertz CT molecular complexity index is 1260. The number of hydrogen-bond donors (Lipinski definition) is 1. The number of ether oxygens (including phenoxy) is 1. The van der Waals surface area contributed by atoms with Gasteiger partial charge >= 0.3 is 18.3 Å². The van der Waals surface area contributed by atoms with Crippen molar-refractivity contribution in [2.45, 2.75) is 68.6 Å². The highest BCUT2D eigenvalue weighted by Crippen LogP contribution is 2.36. The molecule has 1 saturated heterocycles. The summed E-state index contributed by atoms with van der Waals surface area (Å²) in [6, 6.07) is 5.50. The zero-order valence-corrected chi connectivity index (χ0v) is 23.2. The lowest BCUT2D eigenvalue weighted by Crippen LogP contribution is -2.56. The lowest BCUT2D eigenvalue weighted by atomic mass is 9.83. The molecule has 9 nitrogen and oxygen atoms in total. The molecule has 0 radical (unpaired) electrons. The van der Waals surface area contributed by atoms with Crippen LogP contribution in [0.2, 0.25) is 0 Å². The Morgan fingerprint density at radius 3 is 2.12 bits per heavy atom. The molecule has 0 amide bonds. The number of aromatic nitrogens is 3. The second-order valence-electron chi connectivity index (χ2n) is 10.4. The fourth-order valence-electron chi connectivity index (χ4n) is 5.15. The molecule has 1 N–H and O–H groups in total. The molecule has 4 rings (SSSR count). The van der Waals surface area contributed by atoms with E-state index in [-0.39, 0.29) is 17.8 Å². The van der Waals surface area contributed by atoms with E-state index in [1.54, 1.807) is 11.0 Å². The topological polar surface area (TPSA) is 115 Å². The minimum absolute atomic E-state index is 0.0259. The molecular weight excluding hydrogens is 582 g/mol. The first-order valence-corrected chi connectivity index (χ1v) is 14.8. The van der Waals surface area contributed by atoms with Gasteiger partial charge in [0.1, 0.15) is 16.2 Å². The summed E-state index contributed by atoms with van der Waals surface area (Å²) in [5, 5.41) is 11.6. The largest absolute Gasteiger partial charge is 0.490 e. The highest BCUT2D eigenvalue weighted by molar-refractivity contribution is 7.90. The minimum atomic E-state index is -5.08. The molecule has 1 aliphatic carbocycles. The van der Waals surface area contributed by atoms with Crippen LogP contribution in [0.3, 0.4) is 0 Å². The summed E-state index contributed by atoms with van der Waals surface area (Å²) in [6.07, 6.45) is -2.65. The van der Waals surface area contributed by atoms with Gasteiger partial charge in [-0.25, -0.2) is 18.2 Å². The molecule has 2 atom stereocenters. The maximum atomic E-state index is 12.9. The molecule has 0 unspecified atom stereocenters. The van der Waals surface area contributed by atoms with Gasteiger partial charge in [0.15, 0.2) is 5.82 Å². The van der Waals surface area contributed by atoms with E-state index in [2.05, 4.69) is 15.0 Å². The number of sulfone groups is 1. The van der Waals surface area contributed by atoms with Crippen molar-refractivity contribution in [3.63, 3.8) is 0 Å². The number of halogens is 6. The monoisotopic (exact) mass is 614 g/mol. The van der Waals surface area contributed by atoms with E-state index in [0.717, 1.165) is 49.2 Å². The quantitative estimate of drug-likeness (QED) is 0.489. The highest BCUT2D eigenvalue weighted by Gasteiger charge is 2.39. The van der Waals surface area contributed by atoms with Crippen LogP contribution in [0.5, 0.6) is 0 Å². The predicted molar refractivity (Wildman–Crippen MR) is 135 cm³/mol. The molecule has 2 aromatic rings. The van der Waals surface area contributed by atoms with Crippen molar-refractivity contribution in [3.8, 4) is 0 Å². The second kappa shape index (κ2) is 13.1.